The second-order valence-electron chi connectivity index (χ2n) is 5.17. The molecule has 0 aliphatic heterocycles. The van der Waals surface area contributed by atoms with Crippen LogP contribution < -0.4 is 0 Å². The summed E-state index contributed by atoms with van der Waals surface area (Å²) in [5.41, 5.74) is 2.51. The van der Waals surface area contributed by atoms with Crippen LogP contribution in [0.1, 0.15) is 50.2 Å². The number of Topliss-reactive ketones (excluding diaryl/α,β-unsaturated/α-hetero) is 1. The number of hydrogen-bond acceptors (Lipinski definition) is 1. The molecule has 1 fully saturated rings. The van der Waals surface area contributed by atoms with Gasteiger partial charge in [-0.3, -0.25) is 4.79 Å². The summed E-state index contributed by atoms with van der Waals surface area (Å²) in [5, 5.41) is 0. The van der Waals surface area contributed by atoms with Crippen LogP contribution >= 0.6 is 0 Å². The second kappa shape index (κ2) is 4.82. The van der Waals surface area contributed by atoms with Gasteiger partial charge in [-0.1, -0.05) is 44.5 Å². The van der Waals surface area contributed by atoms with Crippen LogP contribution in [0, 0.1) is 5.92 Å². The quantitative estimate of drug-likeness (QED) is 0.749. The molecule has 86 valence electrons. The molecule has 1 nitrogen and oxygen atoms in total. The number of ketones is 1. The summed E-state index contributed by atoms with van der Waals surface area (Å²) in [4.78, 5) is 11.8. The van der Waals surface area contributed by atoms with Crippen molar-refractivity contribution in [2.45, 2.75) is 45.4 Å². The minimum atomic E-state index is 0.366. The molecule has 1 heteroatoms. The van der Waals surface area contributed by atoms with Crippen LogP contribution in [-0.4, -0.2) is 5.78 Å². The minimum absolute atomic E-state index is 0.366. The van der Waals surface area contributed by atoms with Crippen LogP contribution in [0.15, 0.2) is 24.3 Å². The zero-order chi connectivity index (χ0) is 11.5. The molecule has 2 rings (SSSR count). The van der Waals surface area contributed by atoms with Crippen molar-refractivity contribution < 1.29 is 4.79 Å². The van der Waals surface area contributed by atoms with Crippen molar-refractivity contribution in [1.82, 2.24) is 0 Å². The van der Waals surface area contributed by atoms with Gasteiger partial charge >= 0.3 is 0 Å². The number of benzene rings is 1. The average Bonchev–Trinajstić information content (AvgIpc) is 2.15. The molecule has 0 aromatic heterocycles. The summed E-state index contributed by atoms with van der Waals surface area (Å²) in [6, 6.07) is 8.50. The Bertz CT molecular complexity index is 358. The first-order chi connectivity index (χ1) is 7.66. The molecule has 0 radical (unpaired) electrons. The van der Waals surface area contributed by atoms with Crippen LogP contribution in [-0.2, 0) is 11.2 Å². The number of carbonyl (C=O) groups excluding carboxylic acids is 1. The van der Waals surface area contributed by atoms with Crippen molar-refractivity contribution in [3.05, 3.63) is 35.4 Å². The fourth-order valence-corrected chi connectivity index (χ4v) is 2.10. The van der Waals surface area contributed by atoms with Gasteiger partial charge in [-0.25, -0.2) is 0 Å². The Balaban J connectivity index is 1.96. The summed E-state index contributed by atoms with van der Waals surface area (Å²) in [5.74, 6) is 1.37. The van der Waals surface area contributed by atoms with Gasteiger partial charge in [0.15, 0.2) is 0 Å². The van der Waals surface area contributed by atoms with Crippen LogP contribution in [0.5, 0.6) is 0 Å². The first-order valence-electron chi connectivity index (χ1n) is 6.28. The monoisotopic (exact) mass is 216 g/mol. The van der Waals surface area contributed by atoms with Gasteiger partial charge in [0.25, 0.3) is 0 Å². The lowest BCUT2D eigenvalue weighted by Crippen LogP contribution is -2.23. The SMILES string of the molecule is CC(C)c1ccc(CC(=O)C2CCC2)cc1. The topological polar surface area (TPSA) is 17.1 Å². The summed E-state index contributed by atoms with van der Waals surface area (Å²) in [7, 11) is 0. The van der Waals surface area contributed by atoms with Gasteiger partial charge in [0, 0.05) is 12.3 Å². The Kier molecular flexibility index (Phi) is 3.42. The molecule has 0 N–H and O–H groups in total. The molecule has 0 bridgehead atoms. The Hall–Kier alpha value is -1.11. The summed E-state index contributed by atoms with van der Waals surface area (Å²) >= 11 is 0. The molecule has 1 saturated carbocycles. The van der Waals surface area contributed by atoms with E-state index in [1.165, 1.54) is 17.5 Å². The highest BCUT2D eigenvalue weighted by atomic mass is 16.1. The van der Waals surface area contributed by atoms with Crippen molar-refractivity contribution in [1.29, 1.82) is 0 Å². The predicted molar refractivity (Wildman–Crippen MR) is 66.6 cm³/mol. The van der Waals surface area contributed by atoms with E-state index in [0.29, 0.717) is 24.0 Å². The zero-order valence-electron chi connectivity index (χ0n) is 10.2. The third kappa shape index (κ3) is 2.52. The van der Waals surface area contributed by atoms with Gasteiger partial charge < -0.3 is 0 Å². The molecule has 0 spiro atoms. The third-order valence-corrected chi connectivity index (χ3v) is 3.59. The number of rotatable bonds is 4. The molecule has 0 atom stereocenters. The molecular formula is C15H20O. The maximum absolute atomic E-state index is 11.8. The van der Waals surface area contributed by atoms with Crippen LogP contribution in [0.2, 0.25) is 0 Å². The molecular weight excluding hydrogens is 196 g/mol. The Morgan fingerprint density at radius 2 is 1.88 bits per heavy atom. The number of carbonyl (C=O) groups is 1. The van der Waals surface area contributed by atoms with Gasteiger partial charge in [-0.15, -0.1) is 0 Å². The van der Waals surface area contributed by atoms with Gasteiger partial charge in [0.1, 0.15) is 5.78 Å². The fraction of sp³-hybridized carbons (Fsp3) is 0.533. The van der Waals surface area contributed by atoms with Gasteiger partial charge in [0.2, 0.25) is 0 Å². The van der Waals surface area contributed by atoms with E-state index in [1.807, 2.05) is 0 Å². The highest BCUT2D eigenvalue weighted by Crippen LogP contribution is 2.28. The normalized spacial score (nSPS) is 16.2. The molecule has 1 aromatic rings. The third-order valence-electron chi connectivity index (χ3n) is 3.59. The summed E-state index contributed by atoms with van der Waals surface area (Å²) in [6.45, 7) is 4.38. The highest BCUT2D eigenvalue weighted by molar-refractivity contribution is 5.83. The van der Waals surface area contributed by atoms with Gasteiger partial charge in [-0.05, 0) is 29.9 Å². The largest absolute Gasteiger partial charge is 0.299 e. The van der Waals surface area contributed by atoms with E-state index in [4.69, 9.17) is 0 Å². The van der Waals surface area contributed by atoms with Gasteiger partial charge in [-0.2, -0.15) is 0 Å². The zero-order valence-corrected chi connectivity index (χ0v) is 10.2. The van der Waals surface area contributed by atoms with Crippen LogP contribution in [0.3, 0.4) is 0 Å². The van der Waals surface area contributed by atoms with E-state index in [9.17, 15) is 4.79 Å². The Morgan fingerprint density at radius 1 is 1.25 bits per heavy atom. The van der Waals surface area contributed by atoms with E-state index in [0.717, 1.165) is 12.8 Å². The second-order valence-corrected chi connectivity index (χ2v) is 5.17. The molecule has 1 aliphatic carbocycles. The molecule has 0 saturated heterocycles. The molecule has 0 unspecified atom stereocenters. The molecule has 1 aromatic carbocycles. The van der Waals surface area contributed by atoms with E-state index < -0.39 is 0 Å². The standard InChI is InChI=1S/C15H20O/c1-11(2)13-8-6-12(7-9-13)10-15(16)14-4-3-5-14/h6-9,11,14H,3-5,10H2,1-2H3. The maximum atomic E-state index is 11.8. The van der Waals surface area contributed by atoms with Crippen molar-refractivity contribution in [2.75, 3.05) is 0 Å². The lowest BCUT2D eigenvalue weighted by molar-refractivity contribution is -0.124. The smallest absolute Gasteiger partial charge is 0.140 e. The number of hydrogen-bond donors (Lipinski definition) is 0. The van der Waals surface area contributed by atoms with Crippen LogP contribution in [0.4, 0.5) is 0 Å². The Labute approximate surface area is 97.9 Å². The van der Waals surface area contributed by atoms with E-state index in [2.05, 4.69) is 38.1 Å². The van der Waals surface area contributed by atoms with Crippen LogP contribution in [0.25, 0.3) is 0 Å². The fourth-order valence-electron chi connectivity index (χ4n) is 2.10. The Morgan fingerprint density at radius 3 is 2.31 bits per heavy atom. The van der Waals surface area contributed by atoms with E-state index >= 15 is 0 Å². The summed E-state index contributed by atoms with van der Waals surface area (Å²) in [6.07, 6.45) is 4.09. The lowest BCUT2D eigenvalue weighted by Gasteiger charge is -2.23. The maximum Gasteiger partial charge on any atom is 0.140 e. The van der Waals surface area contributed by atoms with E-state index in [-0.39, 0.29) is 0 Å². The van der Waals surface area contributed by atoms with Gasteiger partial charge in [0.05, 0.1) is 0 Å². The van der Waals surface area contributed by atoms with Crippen molar-refractivity contribution in [2.24, 2.45) is 5.92 Å². The lowest BCUT2D eigenvalue weighted by atomic mass is 9.80. The van der Waals surface area contributed by atoms with Crippen molar-refractivity contribution >= 4 is 5.78 Å². The molecule has 1 aliphatic rings. The average molecular weight is 216 g/mol. The van der Waals surface area contributed by atoms with Crippen molar-refractivity contribution in [3.63, 3.8) is 0 Å². The molecule has 16 heavy (non-hydrogen) atoms. The molecule has 0 amide bonds. The minimum Gasteiger partial charge on any atom is -0.299 e. The molecule has 0 heterocycles. The first-order valence-corrected chi connectivity index (χ1v) is 6.28. The first kappa shape index (κ1) is 11.4. The highest BCUT2D eigenvalue weighted by Gasteiger charge is 2.24. The van der Waals surface area contributed by atoms with E-state index in [1.54, 1.807) is 0 Å². The van der Waals surface area contributed by atoms with Crippen molar-refractivity contribution in [3.8, 4) is 0 Å². The summed E-state index contributed by atoms with van der Waals surface area (Å²) < 4.78 is 0. The predicted octanol–water partition coefficient (Wildman–Crippen LogP) is 3.72.